The lowest BCUT2D eigenvalue weighted by Gasteiger charge is -2.26. The van der Waals surface area contributed by atoms with E-state index < -0.39 is 0 Å². The Balaban J connectivity index is 1.67. The molecule has 0 bridgehead atoms. The summed E-state index contributed by atoms with van der Waals surface area (Å²) in [6.07, 6.45) is 0. The van der Waals surface area contributed by atoms with Gasteiger partial charge in [-0.3, -0.25) is 9.59 Å². The highest BCUT2D eigenvalue weighted by atomic mass is 32.1. The van der Waals surface area contributed by atoms with Gasteiger partial charge in [0, 0.05) is 35.8 Å². The lowest BCUT2D eigenvalue weighted by molar-refractivity contribution is -0.114. The molecular weight excluding hydrogens is 360 g/mol. The Hall–Kier alpha value is -2.70. The van der Waals surface area contributed by atoms with Crippen molar-refractivity contribution >= 4 is 38.9 Å². The maximum Gasteiger partial charge on any atom is 0.264 e. The maximum atomic E-state index is 12.8. The van der Waals surface area contributed by atoms with Crippen molar-refractivity contribution < 1.29 is 14.3 Å². The number of hydrogen-bond donors (Lipinski definition) is 1. The van der Waals surface area contributed by atoms with Crippen LogP contribution in [0.25, 0.3) is 21.2 Å². The molecule has 4 rings (SSSR count). The molecule has 0 atom stereocenters. The van der Waals surface area contributed by atoms with Gasteiger partial charge in [0.15, 0.2) is 0 Å². The van der Waals surface area contributed by atoms with Crippen molar-refractivity contribution in [2.75, 3.05) is 31.6 Å². The SMILES string of the molecule is CC(=O)Nc1ccc(-c2cccc3sc(C(=O)N4CCOCC4)cc23)cc1. The minimum atomic E-state index is -0.0889. The summed E-state index contributed by atoms with van der Waals surface area (Å²) in [6, 6.07) is 15.9. The van der Waals surface area contributed by atoms with Crippen molar-refractivity contribution in [3.63, 3.8) is 0 Å². The minimum Gasteiger partial charge on any atom is -0.378 e. The van der Waals surface area contributed by atoms with Gasteiger partial charge in [-0.15, -0.1) is 11.3 Å². The van der Waals surface area contributed by atoms with Gasteiger partial charge in [-0.1, -0.05) is 24.3 Å². The lowest BCUT2D eigenvalue weighted by atomic mass is 10.0. The number of morpholine rings is 1. The largest absolute Gasteiger partial charge is 0.378 e. The van der Waals surface area contributed by atoms with Crippen LogP contribution in [0.5, 0.6) is 0 Å². The van der Waals surface area contributed by atoms with E-state index in [1.54, 1.807) is 0 Å². The highest BCUT2D eigenvalue weighted by Crippen LogP contribution is 2.35. The molecule has 0 saturated carbocycles. The molecule has 27 heavy (non-hydrogen) atoms. The van der Waals surface area contributed by atoms with E-state index in [9.17, 15) is 9.59 Å². The van der Waals surface area contributed by atoms with Gasteiger partial charge in [0.2, 0.25) is 5.91 Å². The van der Waals surface area contributed by atoms with Crippen LogP contribution < -0.4 is 5.32 Å². The van der Waals surface area contributed by atoms with Crippen LogP contribution in [-0.4, -0.2) is 43.0 Å². The van der Waals surface area contributed by atoms with Gasteiger partial charge < -0.3 is 15.0 Å². The number of thiophene rings is 1. The van der Waals surface area contributed by atoms with E-state index in [1.165, 1.54) is 18.3 Å². The molecule has 138 valence electrons. The van der Waals surface area contributed by atoms with E-state index in [0.717, 1.165) is 31.8 Å². The number of ether oxygens (including phenoxy) is 1. The van der Waals surface area contributed by atoms with Crippen LogP contribution in [0.2, 0.25) is 0 Å². The first kappa shape index (κ1) is 17.7. The first-order chi connectivity index (χ1) is 13.1. The van der Waals surface area contributed by atoms with Crippen LogP contribution in [-0.2, 0) is 9.53 Å². The van der Waals surface area contributed by atoms with Crippen LogP contribution in [0.4, 0.5) is 5.69 Å². The Labute approximate surface area is 161 Å². The molecule has 1 aromatic heterocycles. The number of rotatable bonds is 3. The second-order valence-electron chi connectivity index (χ2n) is 6.49. The van der Waals surface area contributed by atoms with Crippen LogP contribution in [0.15, 0.2) is 48.5 Å². The summed E-state index contributed by atoms with van der Waals surface area (Å²) in [5.74, 6) is -0.0135. The zero-order valence-corrected chi connectivity index (χ0v) is 15.8. The smallest absolute Gasteiger partial charge is 0.264 e. The van der Waals surface area contributed by atoms with Gasteiger partial charge in [0.25, 0.3) is 5.91 Å². The first-order valence-corrected chi connectivity index (χ1v) is 9.71. The number of hydrogen-bond acceptors (Lipinski definition) is 4. The third-order valence-corrected chi connectivity index (χ3v) is 5.68. The summed E-state index contributed by atoms with van der Waals surface area (Å²) < 4.78 is 6.43. The van der Waals surface area contributed by atoms with E-state index >= 15 is 0 Å². The molecule has 2 heterocycles. The van der Waals surface area contributed by atoms with Gasteiger partial charge >= 0.3 is 0 Å². The van der Waals surface area contributed by atoms with Crippen molar-refractivity contribution in [1.82, 2.24) is 4.90 Å². The predicted octanol–water partition coefficient (Wildman–Crippen LogP) is 4.00. The van der Waals surface area contributed by atoms with Crippen LogP contribution in [0.3, 0.4) is 0 Å². The molecule has 5 nitrogen and oxygen atoms in total. The van der Waals surface area contributed by atoms with Crippen LogP contribution in [0.1, 0.15) is 16.6 Å². The standard InChI is InChI=1S/C21H20N2O3S/c1-14(24)22-16-7-5-15(6-8-16)17-3-2-4-19-18(17)13-20(27-19)21(25)23-9-11-26-12-10-23/h2-8,13H,9-12H2,1H3,(H,22,24). The molecule has 0 spiro atoms. The van der Waals surface area contributed by atoms with Crippen molar-refractivity contribution in [2.24, 2.45) is 0 Å². The lowest BCUT2D eigenvalue weighted by Crippen LogP contribution is -2.40. The molecule has 2 aromatic carbocycles. The predicted molar refractivity (Wildman–Crippen MR) is 108 cm³/mol. The molecule has 1 aliphatic rings. The highest BCUT2D eigenvalue weighted by molar-refractivity contribution is 7.20. The third-order valence-electron chi connectivity index (χ3n) is 4.59. The number of carbonyl (C=O) groups is 2. The Morgan fingerprint density at radius 1 is 1.07 bits per heavy atom. The van der Waals surface area contributed by atoms with Crippen molar-refractivity contribution in [3.05, 3.63) is 53.4 Å². The number of fused-ring (bicyclic) bond motifs is 1. The number of carbonyl (C=O) groups excluding carboxylic acids is 2. The highest BCUT2D eigenvalue weighted by Gasteiger charge is 2.21. The van der Waals surface area contributed by atoms with Gasteiger partial charge in [-0.2, -0.15) is 0 Å². The fraction of sp³-hybridized carbons (Fsp3) is 0.238. The molecule has 1 N–H and O–H groups in total. The number of nitrogens with one attached hydrogen (secondary N) is 1. The average Bonchev–Trinajstić information content (AvgIpc) is 3.12. The van der Waals surface area contributed by atoms with Gasteiger partial charge in [-0.05, 0) is 35.4 Å². The minimum absolute atomic E-state index is 0.0754. The molecule has 0 aliphatic carbocycles. The third kappa shape index (κ3) is 3.72. The first-order valence-electron chi connectivity index (χ1n) is 8.89. The second-order valence-corrected chi connectivity index (χ2v) is 7.57. The van der Waals surface area contributed by atoms with Crippen LogP contribution in [0, 0.1) is 0 Å². The summed E-state index contributed by atoms with van der Waals surface area (Å²) >= 11 is 1.53. The van der Waals surface area contributed by atoms with E-state index in [-0.39, 0.29) is 11.8 Å². The quantitative estimate of drug-likeness (QED) is 0.747. The maximum absolute atomic E-state index is 12.8. The molecule has 2 amide bonds. The van der Waals surface area contributed by atoms with Crippen molar-refractivity contribution in [1.29, 1.82) is 0 Å². The normalized spacial score (nSPS) is 14.3. The van der Waals surface area contributed by atoms with Crippen molar-refractivity contribution in [3.8, 4) is 11.1 Å². The Kier molecular flexibility index (Phi) is 4.92. The zero-order chi connectivity index (χ0) is 18.8. The molecule has 1 fully saturated rings. The number of nitrogens with zero attached hydrogens (tertiary/aromatic N) is 1. The van der Waals surface area contributed by atoms with E-state index in [4.69, 9.17) is 4.74 Å². The van der Waals surface area contributed by atoms with Crippen LogP contribution >= 0.6 is 11.3 Å². The summed E-state index contributed by atoms with van der Waals surface area (Å²) in [5.41, 5.74) is 2.91. The number of amides is 2. The molecule has 0 unspecified atom stereocenters. The summed E-state index contributed by atoms with van der Waals surface area (Å²) in [5, 5.41) is 3.85. The van der Waals surface area contributed by atoms with Gasteiger partial charge in [0.05, 0.1) is 18.1 Å². The molecule has 1 saturated heterocycles. The summed E-state index contributed by atoms with van der Waals surface area (Å²) in [4.78, 5) is 26.6. The monoisotopic (exact) mass is 380 g/mol. The molecule has 3 aromatic rings. The zero-order valence-electron chi connectivity index (χ0n) is 15.0. The summed E-state index contributed by atoms with van der Waals surface area (Å²) in [7, 11) is 0. The van der Waals surface area contributed by atoms with Crippen molar-refractivity contribution in [2.45, 2.75) is 6.92 Å². The Morgan fingerprint density at radius 2 is 1.81 bits per heavy atom. The fourth-order valence-electron chi connectivity index (χ4n) is 3.28. The molecular formula is C21H20N2O3S. The molecule has 6 heteroatoms. The van der Waals surface area contributed by atoms with E-state index in [0.29, 0.717) is 26.3 Å². The Morgan fingerprint density at radius 3 is 2.52 bits per heavy atom. The average molecular weight is 380 g/mol. The Bertz CT molecular complexity index is 988. The summed E-state index contributed by atoms with van der Waals surface area (Å²) in [6.45, 7) is 3.98. The molecule has 1 aliphatic heterocycles. The number of anilines is 1. The topological polar surface area (TPSA) is 58.6 Å². The van der Waals surface area contributed by atoms with Gasteiger partial charge in [0.1, 0.15) is 0 Å². The fourth-order valence-corrected chi connectivity index (χ4v) is 4.33. The van der Waals surface area contributed by atoms with Gasteiger partial charge in [-0.25, -0.2) is 0 Å². The second kappa shape index (κ2) is 7.50. The number of benzene rings is 2. The van der Waals surface area contributed by atoms with E-state index in [2.05, 4.69) is 11.4 Å². The van der Waals surface area contributed by atoms with E-state index in [1.807, 2.05) is 47.4 Å². The molecule has 0 radical (unpaired) electrons.